The number of carbonyl (C=O) groups excluding carboxylic acids is 1. The first-order valence-electron chi connectivity index (χ1n) is 6.67. The highest BCUT2D eigenvalue weighted by atomic mass is 32.2. The van der Waals surface area contributed by atoms with E-state index in [1.807, 2.05) is 0 Å². The second-order valence-corrected chi connectivity index (χ2v) is 6.80. The maximum atomic E-state index is 12.2. The Balaban J connectivity index is 1.99. The minimum Gasteiger partial charge on any atom is -0.394 e. The van der Waals surface area contributed by atoms with E-state index in [0.29, 0.717) is 6.54 Å². The number of aliphatic hydroxyl groups is 1. The van der Waals surface area contributed by atoms with Crippen LogP contribution in [-0.2, 0) is 21.4 Å². The number of aromatic nitrogens is 3. The van der Waals surface area contributed by atoms with Crippen LogP contribution in [-0.4, -0.2) is 64.8 Å². The van der Waals surface area contributed by atoms with Gasteiger partial charge in [0.05, 0.1) is 25.1 Å². The van der Waals surface area contributed by atoms with Crippen LogP contribution in [0.3, 0.4) is 0 Å². The average Bonchev–Trinajstić information content (AvgIpc) is 2.83. The number of likely N-dealkylation sites (tertiary alicyclic amines) is 1. The molecule has 2 rings (SSSR count). The van der Waals surface area contributed by atoms with Crippen molar-refractivity contribution in [1.82, 2.24) is 19.9 Å². The minimum absolute atomic E-state index is 0.0564. The van der Waals surface area contributed by atoms with Crippen molar-refractivity contribution in [3.8, 4) is 0 Å². The number of sulfonamides is 1. The molecule has 1 amide bonds. The standard InChI is InChI=1S/C11H19N5O4S/c1-21(19,20)14-10-6-12-16(13-10)7-11(18)15-5-3-2-4-9(15)8-17/h6,9,17H,2-5,7-8H2,1H3,(H,13,14). The Morgan fingerprint density at radius 3 is 2.95 bits per heavy atom. The third-order valence-corrected chi connectivity index (χ3v) is 3.84. The predicted molar refractivity (Wildman–Crippen MR) is 74.9 cm³/mol. The zero-order chi connectivity index (χ0) is 15.5. The molecule has 0 saturated carbocycles. The molecule has 9 nitrogen and oxygen atoms in total. The van der Waals surface area contributed by atoms with Gasteiger partial charge in [0.15, 0.2) is 5.82 Å². The van der Waals surface area contributed by atoms with E-state index in [-0.39, 0.29) is 30.9 Å². The van der Waals surface area contributed by atoms with Gasteiger partial charge < -0.3 is 10.0 Å². The van der Waals surface area contributed by atoms with E-state index in [0.717, 1.165) is 30.3 Å². The van der Waals surface area contributed by atoms with Crippen molar-refractivity contribution < 1.29 is 18.3 Å². The molecule has 1 aliphatic heterocycles. The highest BCUT2D eigenvalue weighted by Gasteiger charge is 2.26. The number of rotatable bonds is 5. The number of carbonyl (C=O) groups is 1. The van der Waals surface area contributed by atoms with E-state index in [2.05, 4.69) is 14.9 Å². The lowest BCUT2D eigenvalue weighted by Crippen LogP contribution is -2.47. The minimum atomic E-state index is -3.42. The average molecular weight is 317 g/mol. The molecule has 1 aromatic rings. The second-order valence-electron chi connectivity index (χ2n) is 5.05. The van der Waals surface area contributed by atoms with Crippen LogP contribution in [0.1, 0.15) is 19.3 Å². The lowest BCUT2D eigenvalue weighted by molar-refractivity contribution is -0.137. The first kappa shape index (κ1) is 15.7. The number of hydrogen-bond acceptors (Lipinski definition) is 6. The molecule has 0 spiro atoms. The third-order valence-electron chi connectivity index (χ3n) is 3.26. The fourth-order valence-electron chi connectivity index (χ4n) is 2.34. The second kappa shape index (κ2) is 6.39. The van der Waals surface area contributed by atoms with Gasteiger partial charge in [-0.15, -0.1) is 5.10 Å². The highest BCUT2D eigenvalue weighted by Crippen LogP contribution is 2.17. The van der Waals surface area contributed by atoms with E-state index >= 15 is 0 Å². The largest absolute Gasteiger partial charge is 0.394 e. The van der Waals surface area contributed by atoms with Gasteiger partial charge in [-0.2, -0.15) is 9.90 Å². The van der Waals surface area contributed by atoms with Crippen molar-refractivity contribution >= 4 is 21.7 Å². The zero-order valence-corrected chi connectivity index (χ0v) is 12.6. The van der Waals surface area contributed by atoms with Crippen LogP contribution in [0.2, 0.25) is 0 Å². The summed E-state index contributed by atoms with van der Waals surface area (Å²) >= 11 is 0. The fourth-order valence-corrected chi connectivity index (χ4v) is 2.81. The topological polar surface area (TPSA) is 117 Å². The van der Waals surface area contributed by atoms with Crippen LogP contribution in [0.15, 0.2) is 6.20 Å². The summed E-state index contributed by atoms with van der Waals surface area (Å²) in [5, 5.41) is 17.0. The lowest BCUT2D eigenvalue weighted by Gasteiger charge is -2.34. The maximum absolute atomic E-state index is 12.2. The molecule has 1 fully saturated rings. The molecule has 10 heteroatoms. The summed E-state index contributed by atoms with van der Waals surface area (Å²) in [5.41, 5.74) is 0. The Labute approximate surface area is 123 Å². The molecule has 118 valence electrons. The molecule has 0 aromatic carbocycles. The summed E-state index contributed by atoms with van der Waals surface area (Å²) < 4.78 is 24.3. The molecule has 0 aliphatic carbocycles. The molecule has 0 radical (unpaired) electrons. The molecule has 1 unspecified atom stereocenters. The summed E-state index contributed by atoms with van der Waals surface area (Å²) in [7, 11) is -3.42. The van der Waals surface area contributed by atoms with Crippen molar-refractivity contribution in [2.45, 2.75) is 31.8 Å². The van der Waals surface area contributed by atoms with Crippen molar-refractivity contribution in [3.05, 3.63) is 6.20 Å². The molecular weight excluding hydrogens is 298 g/mol. The Hall–Kier alpha value is -1.68. The third kappa shape index (κ3) is 4.39. The molecule has 2 heterocycles. The lowest BCUT2D eigenvalue weighted by atomic mass is 10.0. The van der Waals surface area contributed by atoms with Crippen LogP contribution in [0.5, 0.6) is 0 Å². The van der Waals surface area contributed by atoms with Crippen LogP contribution in [0.25, 0.3) is 0 Å². The van der Waals surface area contributed by atoms with Crippen molar-refractivity contribution in [3.63, 3.8) is 0 Å². The number of nitrogens with zero attached hydrogens (tertiary/aromatic N) is 4. The van der Waals surface area contributed by atoms with Gasteiger partial charge in [-0.3, -0.25) is 9.52 Å². The smallest absolute Gasteiger partial charge is 0.246 e. The van der Waals surface area contributed by atoms with Crippen LogP contribution in [0.4, 0.5) is 5.82 Å². The number of piperidine rings is 1. The van der Waals surface area contributed by atoms with Gasteiger partial charge in [-0.1, -0.05) is 0 Å². The molecule has 21 heavy (non-hydrogen) atoms. The summed E-state index contributed by atoms with van der Waals surface area (Å²) in [5.74, 6) is -0.113. The van der Waals surface area contributed by atoms with Gasteiger partial charge >= 0.3 is 0 Å². The fraction of sp³-hybridized carbons (Fsp3) is 0.727. The van der Waals surface area contributed by atoms with E-state index in [1.165, 1.54) is 6.20 Å². The summed E-state index contributed by atoms with van der Waals surface area (Å²) in [6, 6.07) is -0.157. The normalized spacial score (nSPS) is 19.5. The first-order valence-corrected chi connectivity index (χ1v) is 8.56. The van der Waals surface area contributed by atoms with Gasteiger partial charge in [0.1, 0.15) is 6.54 Å². The van der Waals surface area contributed by atoms with Crippen molar-refractivity contribution in [2.75, 3.05) is 24.1 Å². The molecule has 1 aliphatic rings. The Morgan fingerprint density at radius 1 is 1.52 bits per heavy atom. The van der Waals surface area contributed by atoms with E-state index < -0.39 is 10.0 Å². The van der Waals surface area contributed by atoms with Gasteiger partial charge in [0.25, 0.3) is 0 Å². The maximum Gasteiger partial charge on any atom is 0.246 e. The summed E-state index contributed by atoms with van der Waals surface area (Å²) in [4.78, 5) is 15.0. The number of aliphatic hydroxyl groups excluding tert-OH is 1. The molecule has 1 atom stereocenters. The SMILES string of the molecule is CS(=O)(=O)Nc1cnn(CC(=O)N2CCCCC2CO)n1. The summed E-state index contributed by atoms with van der Waals surface area (Å²) in [6.45, 7) is 0.473. The predicted octanol–water partition coefficient (Wildman–Crippen LogP) is -0.977. The van der Waals surface area contributed by atoms with E-state index in [4.69, 9.17) is 0 Å². The highest BCUT2D eigenvalue weighted by molar-refractivity contribution is 7.92. The number of anilines is 1. The van der Waals surface area contributed by atoms with E-state index in [9.17, 15) is 18.3 Å². The number of hydrogen-bond donors (Lipinski definition) is 2. The van der Waals surface area contributed by atoms with Crippen molar-refractivity contribution in [2.24, 2.45) is 0 Å². The van der Waals surface area contributed by atoms with Crippen LogP contribution in [0, 0.1) is 0 Å². The van der Waals surface area contributed by atoms with Crippen LogP contribution < -0.4 is 4.72 Å². The van der Waals surface area contributed by atoms with E-state index in [1.54, 1.807) is 4.90 Å². The number of nitrogens with one attached hydrogen (secondary N) is 1. The number of amides is 1. The summed E-state index contributed by atoms with van der Waals surface area (Å²) in [6.07, 6.45) is 4.95. The Morgan fingerprint density at radius 2 is 2.29 bits per heavy atom. The molecular formula is C11H19N5O4S. The molecule has 1 saturated heterocycles. The van der Waals surface area contributed by atoms with Crippen molar-refractivity contribution in [1.29, 1.82) is 0 Å². The van der Waals surface area contributed by atoms with Gasteiger partial charge in [-0.25, -0.2) is 8.42 Å². The van der Waals surface area contributed by atoms with Gasteiger partial charge in [0.2, 0.25) is 15.9 Å². The van der Waals surface area contributed by atoms with Gasteiger partial charge in [0, 0.05) is 6.54 Å². The Kier molecular flexibility index (Phi) is 4.78. The van der Waals surface area contributed by atoms with Crippen LogP contribution >= 0.6 is 0 Å². The zero-order valence-electron chi connectivity index (χ0n) is 11.8. The van der Waals surface area contributed by atoms with Gasteiger partial charge in [-0.05, 0) is 19.3 Å². The Bertz CT molecular complexity index is 600. The molecule has 2 N–H and O–H groups in total. The molecule has 1 aromatic heterocycles. The molecule has 0 bridgehead atoms. The monoisotopic (exact) mass is 317 g/mol. The quantitative estimate of drug-likeness (QED) is 0.721. The first-order chi connectivity index (χ1) is 9.89.